The second-order valence-electron chi connectivity index (χ2n) is 4.93. The van der Waals surface area contributed by atoms with Crippen LogP contribution in [0.3, 0.4) is 0 Å². The van der Waals surface area contributed by atoms with Gasteiger partial charge in [0.1, 0.15) is 0 Å². The Hall–Kier alpha value is -1.14. The maximum Gasteiger partial charge on any atom is 0.260 e. The van der Waals surface area contributed by atoms with Gasteiger partial charge >= 0.3 is 0 Å². The second-order valence-corrected chi connectivity index (χ2v) is 6.61. The molecule has 106 valence electrons. The van der Waals surface area contributed by atoms with Crippen LogP contribution in [0, 0.1) is 5.92 Å². The molecule has 19 heavy (non-hydrogen) atoms. The number of nitrogens with zero attached hydrogens (tertiary/aromatic N) is 1. The number of rotatable bonds is 7. The van der Waals surface area contributed by atoms with Crippen LogP contribution >= 0.6 is 0 Å². The third-order valence-corrected chi connectivity index (χ3v) is 4.76. The zero-order valence-electron chi connectivity index (χ0n) is 11.2. The minimum Gasteiger partial charge on any atom is -0.383 e. The fraction of sp³-hybridized carbons (Fsp3) is 0.615. The van der Waals surface area contributed by atoms with Gasteiger partial charge in [0, 0.05) is 19.3 Å². The minimum atomic E-state index is -3.52. The van der Waals surface area contributed by atoms with Crippen molar-refractivity contribution in [3.8, 4) is 0 Å². The Labute approximate surface area is 114 Å². The topological polar surface area (TPSA) is 71.1 Å². The van der Waals surface area contributed by atoms with Crippen molar-refractivity contribution in [3.05, 3.63) is 18.3 Å². The van der Waals surface area contributed by atoms with Crippen molar-refractivity contribution in [1.29, 1.82) is 0 Å². The zero-order valence-corrected chi connectivity index (χ0v) is 12.0. The summed E-state index contributed by atoms with van der Waals surface area (Å²) in [6.45, 7) is 3.29. The molecule has 5 nitrogen and oxygen atoms in total. The van der Waals surface area contributed by atoms with Crippen molar-refractivity contribution >= 4 is 15.7 Å². The molecule has 1 aliphatic rings. The molecule has 2 rings (SSSR count). The third kappa shape index (κ3) is 3.67. The lowest BCUT2D eigenvalue weighted by molar-refractivity contribution is 0.316. The van der Waals surface area contributed by atoms with Gasteiger partial charge in [-0.2, -0.15) is 0 Å². The van der Waals surface area contributed by atoms with E-state index >= 15 is 0 Å². The molecule has 0 unspecified atom stereocenters. The highest BCUT2D eigenvalue weighted by molar-refractivity contribution is 7.89. The molecule has 0 atom stereocenters. The zero-order chi connectivity index (χ0) is 13.7. The van der Waals surface area contributed by atoms with E-state index in [4.69, 9.17) is 0 Å². The van der Waals surface area contributed by atoms with Crippen LogP contribution in [-0.2, 0) is 10.0 Å². The van der Waals surface area contributed by atoms with Gasteiger partial charge in [0.2, 0.25) is 0 Å². The lowest BCUT2D eigenvalue weighted by atomic mass is 9.86. The second kappa shape index (κ2) is 6.34. The monoisotopic (exact) mass is 283 g/mol. The Kier molecular flexibility index (Phi) is 4.76. The van der Waals surface area contributed by atoms with Crippen LogP contribution in [0.1, 0.15) is 32.6 Å². The first kappa shape index (κ1) is 14.3. The Bertz CT molecular complexity index is 512. The van der Waals surface area contributed by atoms with E-state index in [1.807, 2.05) is 6.92 Å². The molecule has 0 bridgehead atoms. The van der Waals surface area contributed by atoms with Crippen molar-refractivity contribution in [2.24, 2.45) is 5.92 Å². The molecule has 1 fully saturated rings. The number of sulfonamides is 1. The summed E-state index contributed by atoms with van der Waals surface area (Å²) in [5.41, 5.74) is 0.574. The van der Waals surface area contributed by atoms with E-state index in [1.54, 1.807) is 12.1 Å². The van der Waals surface area contributed by atoms with Crippen molar-refractivity contribution in [2.75, 3.05) is 18.4 Å². The largest absolute Gasteiger partial charge is 0.383 e. The minimum absolute atomic E-state index is 0.0998. The smallest absolute Gasteiger partial charge is 0.260 e. The highest BCUT2D eigenvalue weighted by atomic mass is 32.2. The lowest BCUT2D eigenvalue weighted by Crippen LogP contribution is -2.33. The van der Waals surface area contributed by atoms with Crippen LogP contribution in [0.15, 0.2) is 23.4 Å². The van der Waals surface area contributed by atoms with Crippen LogP contribution < -0.4 is 10.0 Å². The highest BCUT2D eigenvalue weighted by Gasteiger charge is 2.23. The molecule has 6 heteroatoms. The summed E-state index contributed by atoms with van der Waals surface area (Å²) in [5.74, 6) is 0.491. The van der Waals surface area contributed by atoms with Crippen LogP contribution in [-0.4, -0.2) is 26.5 Å². The van der Waals surface area contributed by atoms with Crippen molar-refractivity contribution in [2.45, 2.75) is 37.6 Å². The Balaban J connectivity index is 2.09. The molecule has 1 aromatic heterocycles. The number of aromatic nitrogens is 1. The van der Waals surface area contributed by atoms with Crippen LogP contribution in [0.4, 0.5) is 5.69 Å². The van der Waals surface area contributed by atoms with E-state index < -0.39 is 10.0 Å². The normalized spacial score (nSPS) is 16.1. The Morgan fingerprint density at radius 2 is 2.21 bits per heavy atom. The highest BCUT2D eigenvalue weighted by Crippen LogP contribution is 2.26. The summed E-state index contributed by atoms with van der Waals surface area (Å²) in [4.78, 5) is 4.01. The van der Waals surface area contributed by atoms with Gasteiger partial charge < -0.3 is 5.32 Å². The maximum absolute atomic E-state index is 12.2. The molecule has 1 heterocycles. The summed E-state index contributed by atoms with van der Waals surface area (Å²) in [6.07, 6.45) is 5.88. The molecular weight excluding hydrogens is 262 g/mol. The molecule has 2 N–H and O–H groups in total. The quantitative estimate of drug-likeness (QED) is 0.802. The van der Waals surface area contributed by atoms with Gasteiger partial charge in [-0.15, -0.1) is 0 Å². The molecule has 0 amide bonds. The molecule has 0 aliphatic heterocycles. The number of pyridine rings is 1. The van der Waals surface area contributed by atoms with Gasteiger partial charge in [0.05, 0.1) is 5.69 Å². The van der Waals surface area contributed by atoms with E-state index in [1.165, 1.54) is 12.6 Å². The molecule has 0 spiro atoms. The molecule has 0 aromatic carbocycles. The first-order chi connectivity index (χ1) is 9.13. The molecule has 0 saturated heterocycles. The number of hydrogen-bond donors (Lipinski definition) is 2. The average Bonchev–Trinajstić information content (AvgIpc) is 2.34. The van der Waals surface area contributed by atoms with Crippen molar-refractivity contribution in [1.82, 2.24) is 9.71 Å². The molecule has 1 aromatic rings. The maximum atomic E-state index is 12.2. The summed E-state index contributed by atoms with van der Waals surface area (Å²) < 4.78 is 27.2. The Morgan fingerprint density at radius 1 is 1.42 bits per heavy atom. The average molecular weight is 283 g/mol. The predicted octanol–water partition coefficient (Wildman–Crippen LogP) is 1.98. The van der Waals surface area contributed by atoms with Crippen molar-refractivity contribution < 1.29 is 8.42 Å². The molecule has 1 aliphatic carbocycles. The molecule has 1 saturated carbocycles. The van der Waals surface area contributed by atoms with E-state index in [0.717, 1.165) is 25.8 Å². The van der Waals surface area contributed by atoms with Gasteiger partial charge in [-0.05, 0) is 37.3 Å². The van der Waals surface area contributed by atoms with Gasteiger partial charge in [0.15, 0.2) is 5.03 Å². The first-order valence-electron chi connectivity index (χ1n) is 6.82. The standard InChI is InChI=1S/C13H21N3O2S/c1-2-8-14-12-7-4-9-15-13(12)19(17,18)16-10-11-5-3-6-11/h4,7,9,11,14,16H,2-3,5-6,8,10H2,1H3. The lowest BCUT2D eigenvalue weighted by Gasteiger charge is -2.25. The van der Waals surface area contributed by atoms with E-state index in [9.17, 15) is 8.42 Å². The SMILES string of the molecule is CCCNc1cccnc1S(=O)(=O)NCC1CCC1. The Morgan fingerprint density at radius 3 is 2.84 bits per heavy atom. The molecular formula is C13H21N3O2S. The summed E-state index contributed by atoms with van der Waals surface area (Å²) in [6, 6.07) is 3.49. The fourth-order valence-electron chi connectivity index (χ4n) is 1.99. The number of hydrogen-bond acceptors (Lipinski definition) is 4. The molecule has 0 radical (unpaired) electrons. The van der Waals surface area contributed by atoms with Crippen LogP contribution in [0.2, 0.25) is 0 Å². The van der Waals surface area contributed by atoms with Gasteiger partial charge in [-0.3, -0.25) is 0 Å². The van der Waals surface area contributed by atoms with Gasteiger partial charge in [-0.1, -0.05) is 13.3 Å². The number of nitrogens with one attached hydrogen (secondary N) is 2. The van der Waals surface area contributed by atoms with E-state index in [-0.39, 0.29) is 5.03 Å². The van der Waals surface area contributed by atoms with Crippen LogP contribution in [0.25, 0.3) is 0 Å². The van der Waals surface area contributed by atoms with Gasteiger partial charge in [-0.25, -0.2) is 18.1 Å². The summed E-state index contributed by atoms with van der Waals surface area (Å²) >= 11 is 0. The number of anilines is 1. The third-order valence-electron chi connectivity index (χ3n) is 3.38. The van der Waals surface area contributed by atoms with Crippen molar-refractivity contribution in [3.63, 3.8) is 0 Å². The van der Waals surface area contributed by atoms with E-state index in [2.05, 4.69) is 15.0 Å². The summed E-state index contributed by atoms with van der Waals surface area (Å²) in [5, 5.41) is 3.20. The fourth-order valence-corrected chi connectivity index (χ4v) is 3.21. The van der Waals surface area contributed by atoms with Gasteiger partial charge in [0.25, 0.3) is 10.0 Å². The first-order valence-corrected chi connectivity index (χ1v) is 8.30. The summed E-state index contributed by atoms with van der Waals surface area (Å²) in [7, 11) is -3.52. The van der Waals surface area contributed by atoms with E-state index in [0.29, 0.717) is 18.2 Å². The van der Waals surface area contributed by atoms with Crippen LogP contribution in [0.5, 0.6) is 0 Å². The predicted molar refractivity (Wildman–Crippen MR) is 75.5 cm³/mol.